The second kappa shape index (κ2) is 5.58. The number of hydrogen-bond donors (Lipinski definition) is 2. The third-order valence-electron chi connectivity index (χ3n) is 2.77. The molecule has 0 aliphatic rings. The van der Waals surface area contributed by atoms with Crippen LogP contribution in [-0.4, -0.2) is 5.54 Å². The van der Waals surface area contributed by atoms with Crippen molar-refractivity contribution in [3.05, 3.63) is 23.8 Å². The largest absolute Gasteiger partial charge is 0.398 e. The number of hydrogen-bond acceptors (Lipinski definition) is 3. The van der Waals surface area contributed by atoms with Crippen molar-refractivity contribution >= 4 is 11.4 Å². The molecule has 0 atom stereocenters. The quantitative estimate of drug-likeness (QED) is 0.764. The molecule has 0 amide bonds. The van der Waals surface area contributed by atoms with E-state index in [0.29, 0.717) is 12.1 Å². The molecular weight excluding hydrogens is 210 g/mol. The van der Waals surface area contributed by atoms with Gasteiger partial charge in [-0.1, -0.05) is 13.3 Å². The fourth-order valence-corrected chi connectivity index (χ4v) is 2.00. The summed E-state index contributed by atoms with van der Waals surface area (Å²) in [4.78, 5) is 0. The van der Waals surface area contributed by atoms with Crippen molar-refractivity contribution in [1.82, 2.24) is 0 Å². The number of benzene rings is 1. The maximum Gasteiger partial charge on any atom is 0.0670 e. The van der Waals surface area contributed by atoms with E-state index in [1.807, 2.05) is 18.2 Å². The van der Waals surface area contributed by atoms with Gasteiger partial charge in [-0.2, -0.15) is 5.26 Å². The smallest absolute Gasteiger partial charge is 0.0670 e. The molecule has 3 N–H and O–H groups in total. The monoisotopic (exact) mass is 231 g/mol. The number of nitrogens with zero attached hydrogens (tertiary/aromatic N) is 1. The Morgan fingerprint density at radius 1 is 1.41 bits per heavy atom. The van der Waals surface area contributed by atoms with E-state index in [9.17, 15) is 0 Å². The van der Waals surface area contributed by atoms with Crippen molar-refractivity contribution in [3.63, 3.8) is 0 Å². The molecule has 0 radical (unpaired) electrons. The molecular formula is C14H21N3. The first kappa shape index (κ1) is 13.4. The molecule has 0 heterocycles. The third kappa shape index (κ3) is 3.99. The molecule has 1 aromatic carbocycles. The van der Waals surface area contributed by atoms with Crippen LogP contribution in [0.2, 0.25) is 0 Å². The van der Waals surface area contributed by atoms with Gasteiger partial charge < -0.3 is 11.1 Å². The summed E-state index contributed by atoms with van der Waals surface area (Å²) in [6, 6.07) is 7.92. The summed E-state index contributed by atoms with van der Waals surface area (Å²) >= 11 is 0. The molecule has 0 saturated carbocycles. The molecule has 92 valence electrons. The van der Waals surface area contributed by atoms with Crippen molar-refractivity contribution < 1.29 is 0 Å². The van der Waals surface area contributed by atoms with E-state index in [0.717, 1.165) is 24.1 Å². The predicted molar refractivity (Wildman–Crippen MR) is 72.8 cm³/mol. The molecule has 0 aromatic heterocycles. The second-order valence-corrected chi connectivity index (χ2v) is 5.01. The summed E-state index contributed by atoms with van der Waals surface area (Å²) in [5.74, 6) is 0. The number of nitrogens with one attached hydrogen (secondary N) is 1. The molecule has 0 aliphatic carbocycles. The lowest BCUT2D eigenvalue weighted by atomic mass is 9.98. The lowest BCUT2D eigenvalue weighted by molar-refractivity contribution is 0.511. The number of nitrogen functional groups attached to an aromatic ring is 1. The molecule has 0 spiro atoms. The van der Waals surface area contributed by atoms with Crippen molar-refractivity contribution in [3.8, 4) is 6.07 Å². The second-order valence-electron chi connectivity index (χ2n) is 5.01. The Hall–Kier alpha value is -1.69. The molecule has 0 bridgehead atoms. The fraction of sp³-hybridized carbons (Fsp3) is 0.500. The van der Waals surface area contributed by atoms with Gasteiger partial charge in [0.2, 0.25) is 0 Å². The van der Waals surface area contributed by atoms with E-state index >= 15 is 0 Å². The maximum absolute atomic E-state index is 8.73. The minimum atomic E-state index is 0.0643. The van der Waals surface area contributed by atoms with Crippen LogP contribution in [-0.2, 0) is 6.42 Å². The van der Waals surface area contributed by atoms with Gasteiger partial charge in [0.15, 0.2) is 0 Å². The van der Waals surface area contributed by atoms with Gasteiger partial charge in [-0.3, -0.25) is 0 Å². The van der Waals surface area contributed by atoms with E-state index < -0.39 is 0 Å². The van der Waals surface area contributed by atoms with Crippen LogP contribution in [0.1, 0.15) is 39.2 Å². The summed E-state index contributed by atoms with van der Waals surface area (Å²) in [6.07, 6.45) is 2.60. The number of rotatable bonds is 5. The highest BCUT2D eigenvalue weighted by atomic mass is 15.0. The summed E-state index contributed by atoms with van der Waals surface area (Å²) in [7, 11) is 0. The van der Waals surface area contributed by atoms with Crippen LogP contribution in [0.3, 0.4) is 0 Å². The zero-order valence-corrected chi connectivity index (χ0v) is 10.9. The van der Waals surface area contributed by atoms with Crippen molar-refractivity contribution in [2.45, 2.75) is 45.6 Å². The minimum absolute atomic E-state index is 0.0643. The number of nitrogens with two attached hydrogens (primary N) is 1. The lowest BCUT2D eigenvalue weighted by Crippen LogP contribution is -2.30. The van der Waals surface area contributed by atoms with Crippen LogP contribution in [0, 0.1) is 11.3 Å². The van der Waals surface area contributed by atoms with Crippen LogP contribution in [0.15, 0.2) is 18.2 Å². The Kier molecular flexibility index (Phi) is 4.39. The summed E-state index contributed by atoms with van der Waals surface area (Å²) in [5.41, 5.74) is 8.49. The van der Waals surface area contributed by atoms with Gasteiger partial charge in [-0.15, -0.1) is 0 Å². The van der Waals surface area contributed by atoms with Crippen LogP contribution in [0.5, 0.6) is 0 Å². The van der Waals surface area contributed by atoms with E-state index in [2.05, 4.69) is 32.2 Å². The van der Waals surface area contributed by atoms with E-state index in [1.54, 1.807) is 0 Å². The third-order valence-corrected chi connectivity index (χ3v) is 2.77. The topological polar surface area (TPSA) is 61.8 Å². The van der Waals surface area contributed by atoms with E-state index in [1.165, 1.54) is 0 Å². The SMILES string of the molecule is CCCC(C)(C)Nc1ccc(N)c(CC#N)c1. The predicted octanol–water partition coefficient (Wildman–Crippen LogP) is 3.33. The highest BCUT2D eigenvalue weighted by Gasteiger charge is 2.16. The average Bonchev–Trinajstić information content (AvgIpc) is 2.23. The molecule has 3 heteroatoms. The number of nitriles is 1. The average molecular weight is 231 g/mol. The first-order valence-electron chi connectivity index (χ1n) is 6.02. The van der Waals surface area contributed by atoms with Gasteiger partial charge in [0.05, 0.1) is 12.5 Å². The molecule has 0 unspecified atom stereocenters. The fourth-order valence-electron chi connectivity index (χ4n) is 2.00. The Morgan fingerprint density at radius 3 is 2.71 bits per heavy atom. The molecule has 1 rings (SSSR count). The number of anilines is 2. The normalized spacial score (nSPS) is 10.9. The maximum atomic E-state index is 8.73. The summed E-state index contributed by atoms with van der Waals surface area (Å²) in [6.45, 7) is 6.53. The molecule has 3 nitrogen and oxygen atoms in total. The van der Waals surface area contributed by atoms with Gasteiger partial charge in [0.1, 0.15) is 0 Å². The standard InChI is InChI=1S/C14H21N3/c1-4-8-14(2,3)17-12-5-6-13(16)11(10-12)7-9-15/h5-6,10,17H,4,7-8,16H2,1-3H3. The molecule has 1 aromatic rings. The minimum Gasteiger partial charge on any atom is -0.398 e. The summed E-state index contributed by atoms with van der Waals surface area (Å²) < 4.78 is 0. The Bertz CT molecular complexity index is 416. The van der Waals surface area contributed by atoms with Crippen LogP contribution in [0.4, 0.5) is 11.4 Å². The zero-order valence-electron chi connectivity index (χ0n) is 10.9. The van der Waals surface area contributed by atoms with Crippen LogP contribution < -0.4 is 11.1 Å². The van der Waals surface area contributed by atoms with E-state index in [-0.39, 0.29) is 5.54 Å². The van der Waals surface area contributed by atoms with Gasteiger partial charge in [-0.25, -0.2) is 0 Å². The summed E-state index contributed by atoms with van der Waals surface area (Å²) in [5, 5.41) is 12.2. The van der Waals surface area contributed by atoms with Crippen LogP contribution in [0.25, 0.3) is 0 Å². The zero-order chi connectivity index (χ0) is 12.9. The van der Waals surface area contributed by atoms with Crippen molar-refractivity contribution in [2.24, 2.45) is 0 Å². The highest BCUT2D eigenvalue weighted by molar-refractivity contribution is 5.58. The Morgan fingerprint density at radius 2 is 2.12 bits per heavy atom. The van der Waals surface area contributed by atoms with Crippen molar-refractivity contribution in [2.75, 3.05) is 11.1 Å². The molecule has 17 heavy (non-hydrogen) atoms. The lowest BCUT2D eigenvalue weighted by Gasteiger charge is -2.27. The van der Waals surface area contributed by atoms with Crippen LogP contribution >= 0.6 is 0 Å². The van der Waals surface area contributed by atoms with Gasteiger partial charge >= 0.3 is 0 Å². The van der Waals surface area contributed by atoms with Crippen molar-refractivity contribution in [1.29, 1.82) is 5.26 Å². The Labute approximate surface area is 104 Å². The first-order valence-corrected chi connectivity index (χ1v) is 6.02. The Balaban J connectivity index is 2.86. The van der Waals surface area contributed by atoms with E-state index in [4.69, 9.17) is 11.0 Å². The van der Waals surface area contributed by atoms with Gasteiger partial charge in [0.25, 0.3) is 0 Å². The molecule has 0 fully saturated rings. The first-order chi connectivity index (χ1) is 7.98. The highest BCUT2D eigenvalue weighted by Crippen LogP contribution is 2.23. The van der Waals surface area contributed by atoms with Gasteiger partial charge in [-0.05, 0) is 44.0 Å². The van der Waals surface area contributed by atoms with Gasteiger partial charge in [0, 0.05) is 16.9 Å². The molecule has 0 aliphatic heterocycles. The molecule has 0 saturated heterocycles.